The highest BCUT2D eigenvalue weighted by Crippen LogP contribution is 2.28. The summed E-state index contributed by atoms with van der Waals surface area (Å²) in [7, 11) is 0. The van der Waals surface area contributed by atoms with Gasteiger partial charge >= 0.3 is 0 Å². The molecule has 2 rings (SSSR count). The lowest BCUT2D eigenvalue weighted by molar-refractivity contribution is 0.597. The molecule has 2 N–H and O–H groups in total. The maximum Gasteiger partial charge on any atom is 0.146 e. The Morgan fingerprint density at radius 3 is 3.00 bits per heavy atom. The molecule has 0 amide bonds. The quantitative estimate of drug-likeness (QED) is 0.896. The molecular formula is C11H14BrFN2. The summed E-state index contributed by atoms with van der Waals surface area (Å²) in [6.45, 7) is 2.45. The molecule has 1 aromatic carbocycles. The Balaban J connectivity index is 2.19. The number of benzene rings is 1. The summed E-state index contributed by atoms with van der Waals surface area (Å²) in [6.07, 6.45) is 1.06. The summed E-state index contributed by atoms with van der Waals surface area (Å²) in [5.41, 5.74) is 6.29. The lowest BCUT2D eigenvalue weighted by Crippen LogP contribution is -2.23. The third-order valence-corrected chi connectivity index (χ3v) is 3.36. The second kappa shape index (κ2) is 4.49. The van der Waals surface area contributed by atoms with Gasteiger partial charge in [0.25, 0.3) is 0 Å². The van der Waals surface area contributed by atoms with Gasteiger partial charge < -0.3 is 10.6 Å². The Labute approximate surface area is 97.4 Å². The van der Waals surface area contributed by atoms with Crippen molar-refractivity contribution in [3.8, 4) is 0 Å². The molecule has 0 aromatic heterocycles. The minimum atomic E-state index is -0.157. The van der Waals surface area contributed by atoms with E-state index >= 15 is 0 Å². The average molecular weight is 273 g/mol. The second-order valence-electron chi connectivity index (χ2n) is 3.93. The van der Waals surface area contributed by atoms with Gasteiger partial charge in [-0.3, -0.25) is 0 Å². The van der Waals surface area contributed by atoms with Crippen LogP contribution in [0.1, 0.15) is 6.42 Å². The van der Waals surface area contributed by atoms with E-state index in [0.717, 1.165) is 24.0 Å². The lowest BCUT2D eigenvalue weighted by atomic mass is 10.1. The van der Waals surface area contributed by atoms with Gasteiger partial charge in [0.15, 0.2) is 0 Å². The molecule has 1 unspecified atom stereocenters. The van der Waals surface area contributed by atoms with Gasteiger partial charge in [-0.25, -0.2) is 4.39 Å². The van der Waals surface area contributed by atoms with E-state index in [4.69, 9.17) is 5.73 Å². The third-order valence-electron chi connectivity index (χ3n) is 2.87. The number of nitrogens with zero attached hydrogens (tertiary/aromatic N) is 1. The predicted octanol–water partition coefficient (Wildman–Crippen LogP) is 2.37. The minimum Gasteiger partial charge on any atom is -0.369 e. The van der Waals surface area contributed by atoms with Crippen LogP contribution in [0, 0.1) is 11.7 Å². The maximum absolute atomic E-state index is 13.6. The molecule has 4 heteroatoms. The predicted molar refractivity (Wildman–Crippen MR) is 63.5 cm³/mol. The van der Waals surface area contributed by atoms with Gasteiger partial charge in [0.05, 0.1) is 5.69 Å². The van der Waals surface area contributed by atoms with Gasteiger partial charge in [-0.05, 0) is 37.1 Å². The van der Waals surface area contributed by atoms with Gasteiger partial charge in [0, 0.05) is 17.6 Å². The highest BCUT2D eigenvalue weighted by atomic mass is 79.9. The van der Waals surface area contributed by atoms with E-state index in [2.05, 4.69) is 20.8 Å². The maximum atomic E-state index is 13.6. The molecule has 1 aliphatic rings. The molecule has 1 aromatic rings. The summed E-state index contributed by atoms with van der Waals surface area (Å²) in [4.78, 5) is 2.07. The molecule has 0 aliphatic carbocycles. The number of hydrogen-bond acceptors (Lipinski definition) is 2. The largest absolute Gasteiger partial charge is 0.369 e. The number of nitrogens with two attached hydrogens (primary N) is 1. The molecule has 1 atom stereocenters. The Kier molecular flexibility index (Phi) is 3.26. The van der Waals surface area contributed by atoms with Crippen LogP contribution in [0.15, 0.2) is 22.7 Å². The van der Waals surface area contributed by atoms with Crippen molar-refractivity contribution in [2.45, 2.75) is 6.42 Å². The molecule has 15 heavy (non-hydrogen) atoms. The topological polar surface area (TPSA) is 29.3 Å². The first-order chi connectivity index (χ1) is 7.20. The fourth-order valence-corrected chi connectivity index (χ4v) is 2.32. The Morgan fingerprint density at radius 2 is 2.33 bits per heavy atom. The van der Waals surface area contributed by atoms with Crippen LogP contribution in [-0.4, -0.2) is 19.6 Å². The van der Waals surface area contributed by atoms with Crippen LogP contribution in [-0.2, 0) is 0 Å². The first-order valence-electron chi connectivity index (χ1n) is 5.11. The van der Waals surface area contributed by atoms with Crippen molar-refractivity contribution in [3.05, 3.63) is 28.5 Å². The average Bonchev–Trinajstić information content (AvgIpc) is 2.70. The van der Waals surface area contributed by atoms with Crippen LogP contribution >= 0.6 is 15.9 Å². The molecule has 1 fully saturated rings. The third kappa shape index (κ3) is 2.32. The zero-order valence-electron chi connectivity index (χ0n) is 8.42. The van der Waals surface area contributed by atoms with Crippen molar-refractivity contribution in [1.82, 2.24) is 0 Å². The molecule has 1 saturated heterocycles. The number of rotatable bonds is 2. The van der Waals surface area contributed by atoms with Gasteiger partial charge in [0.1, 0.15) is 5.82 Å². The fourth-order valence-electron chi connectivity index (χ4n) is 1.97. The molecule has 0 spiro atoms. The van der Waals surface area contributed by atoms with Gasteiger partial charge in [-0.1, -0.05) is 15.9 Å². The van der Waals surface area contributed by atoms with E-state index < -0.39 is 0 Å². The summed E-state index contributed by atoms with van der Waals surface area (Å²) in [6, 6.07) is 5.04. The van der Waals surface area contributed by atoms with Crippen LogP contribution < -0.4 is 10.6 Å². The number of anilines is 1. The van der Waals surface area contributed by atoms with Crippen molar-refractivity contribution in [2.75, 3.05) is 24.5 Å². The van der Waals surface area contributed by atoms with Crippen molar-refractivity contribution in [1.29, 1.82) is 0 Å². The molecule has 2 nitrogen and oxygen atoms in total. The summed E-state index contributed by atoms with van der Waals surface area (Å²) in [5, 5.41) is 0. The molecule has 0 radical (unpaired) electrons. The number of halogens is 2. The highest BCUT2D eigenvalue weighted by Gasteiger charge is 2.23. The monoisotopic (exact) mass is 272 g/mol. The highest BCUT2D eigenvalue weighted by molar-refractivity contribution is 9.10. The van der Waals surface area contributed by atoms with E-state index in [0.29, 0.717) is 18.2 Å². The van der Waals surface area contributed by atoms with E-state index in [-0.39, 0.29) is 5.82 Å². The van der Waals surface area contributed by atoms with Crippen LogP contribution in [0.25, 0.3) is 0 Å². The van der Waals surface area contributed by atoms with E-state index in [1.807, 2.05) is 6.07 Å². The van der Waals surface area contributed by atoms with Crippen LogP contribution in [0.2, 0.25) is 0 Å². The zero-order chi connectivity index (χ0) is 10.8. The zero-order valence-corrected chi connectivity index (χ0v) is 10.0. The van der Waals surface area contributed by atoms with Crippen molar-refractivity contribution >= 4 is 21.6 Å². The summed E-state index contributed by atoms with van der Waals surface area (Å²) < 4.78 is 14.5. The molecule has 0 saturated carbocycles. The number of hydrogen-bond donors (Lipinski definition) is 1. The Bertz CT molecular complexity index is 356. The second-order valence-corrected chi connectivity index (χ2v) is 4.85. The fraction of sp³-hybridized carbons (Fsp3) is 0.455. The first-order valence-corrected chi connectivity index (χ1v) is 5.90. The SMILES string of the molecule is NCC1CCN(c2cc(Br)ccc2F)C1. The van der Waals surface area contributed by atoms with E-state index in [9.17, 15) is 4.39 Å². The molecule has 0 bridgehead atoms. The molecular weight excluding hydrogens is 259 g/mol. The van der Waals surface area contributed by atoms with Crippen molar-refractivity contribution in [2.24, 2.45) is 11.7 Å². The minimum absolute atomic E-state index is 0.157. The standard InChI is InChI=1S/C11H14BrFN2/c12-9-1-2-10(13)11(5-9)15-4-3-8(6-14)7-15/h1-2,5,8H,3-4,6-7,14H2. The summed E-state index contributed by atoms with van der Waals surface area (Å²) in [5.74, 6) is 0.347. The van der Waals surface area contributed by atoms with Crippen LogP contribution in [0.4, 0.5) is 10.1 Å². The summed E-state index contributed by atoms with van der Waals surface area (Å²) >= 11 is 3.36. The van der Waals surface area contributed by atoms with E-state index in [1.165, 1.54) is 6.07 Å². The smallest absolute Gasteiger partial charge is 0.146 e. The Hall–Kier alpha value is -0.610. The van der Waals surface area contributed by atoms with Gasteiger partial charge in [0.2, 0.25) is 0 Å². The van der Waals surface area contributed by atoms with Gasteiger partial charge in [-0.15, -0.1) is 0 Å². The van der Waals surface area contributed by atoms with Gasteiger partial charge in [-0.2, -0.15) is 0 Å². The van der Waals surface area contributed by atoms with Crippen LogP contribution in [0.3, 0.4) is 0 Å². The molecule has 82 valence electrons. The molecule has 1 heterocycles. The van der Waals surface area contributed by atoms with Crippen molar-refractivity contribution in [3.63, 3.8) is 0 Å². The van der Waals surface area contributed by atoms with E-state index in [1.54, 1.807) is 6.07 Å². The first kappa shape index (κ1) is 10.9. The molecule has 1 aliphatic heterocycles. The normalized spacial score (nSPS) is 21.0. The van der Waals surface area contributed by atoms with Crippen molar-refractivity contribution < 1.29 is 4.39 Å². The Morgan fingerprint density at radius 1 is 1.53 bits per heavy atom. The lowest BCUT2D eigenvalue weighted by Gasteiger charge is -2.19. The van der Waals surface area contributed by atoms with Crippen LogP contribution in [0.5, 0.6) is 0 Å².